The molecule has 0 amide bonds. The van der Waals surface area contributed by atoms with E-state index in [0.29, 0.717) is 24.5 Å². The lowest BCUT2D eigenvalue weighted by molar-refractivity contribution is 0.174. The molecule has 0 spiro atoms. The number of nitrogens with zero attached hydrogens (tertiary/aromatic N) is 1. The monoisotopic (exact) mass is 371 g/mol. The van der Waals surface area contributed by atoms with E-state index in [1.807, 2.05) is 24.3 Å². The molecule has 1 aliphatic heterocycles. The van der Waals surface area contributed by atoms with Gasteiger partial charge in [-0.25, -0.2) is 0 Å². The van der Waals surface area contributed by atoms with Crippen molar-refractivity contribution in [2.45, 2.75) is 19.0 Å². The van der Waals surface area contributed by atoms with Crippen LogP contribution in [-0.2, 0) is 13.0 Å². The second-order valence-electron chi connectivity index (χ2n) is 6.56. The SMILES string of the molecule is CN(C)[C@H](CNC(=S)NCc1ccc2c(c1)OCO2)Cc1ccccc1. The lowest BCUT2D eigenvalue weighted by Crippen LogP contribution is -2.44. The number of thiocarbonyl (C=S) groups is 1. The molecule has 138 valence electrons. The molecule has 0 unspecified atom stereocenters. The summed E-state index contributed by atoms with van der Waals surface area (Å²) < 4.78 is 10.7. The Morgan fingerprint density at radius 1 is 1.04 bits per heavy atom. The van der Waals surface area contributed by atoms with Crippen molar-refractivity contribution in [3.05, 3.63) is 59.7 Å². The zero-order chi connectivity index (χ0) is 18.4. The van der Waals surface area contributed by atoms with Crippen LogP contribution in [0.4, 0.5) is 0 Å². The van der Waals surface area contributed by atoms with Crippen LogP contribution in [0.2, 0.25) is 0 Å². The van der Waals surface area contributed by atoms with Gasteiger partial charge in [0.1, 0.15) is 0 Å². The number of hydrogen-bond acceptors (Lipinski definition) is 4. The molecule has 6 heteroatoms. The molecular weight excluding hydrogens is 346 g/mol. The Balaban J connectivity index is 1.46. The lowest BCUT2D eigenvalue weighted by Gasteiger charge is -2.25. The number of hydrogen-bond donors (Lipinski definition) is 2. The van der Waals surface area contributed by atoms with Gasteiger partial charge in [-0.15, -0.1) is 0 Å². The van der Waals surface area contributed by atoms with Crippen LogP contribution in [0.3, 0.4) is 0 Å². The molecule has 2 aromatic rings. The van der Waals surface area contributed by atoms with Gasteiger partial charge in [-0.2, -0.15) is 0 Å². The summed E-state index contributed by atoms with van der Waals surface area (Å²) in [5.41, 5.74) is 2.43. The van der Waals surface area contributed by atoms with E-state index in [1.165, 1.54) is 5.56 Å². The minimum absolute atomic E-state index is 0.291. The number of fused-ring (bicyclic) bond motifs is 1. The Morgan fingerprint density at radius 2 is 1.81 bits per heavy atom. The molecule has 0 saturated heterocycles. The van der Waals surface area contributed by atoms with Crippen molar-refractivity contribution in [3.8, 4) is 11.5 Å². The number of rotatable bonds is 7. The van der Waals surface area contributed by atoms with Crippen LogP contribution in [0, 0.1) is 0 Å². The van der Waals surface area contributed by atoms with Crippen LogP contribution in [0.1, 0.15) is 11.1 Å². The molecule has 1 aliphatic rings. The topological polar surface area (TPSA) is 45.8 Å². The number of ether oxygens (including phenoxy) is 2. The minimum atomic E-state index is 0.291. The number of benzene rings is 2. The number of likely N-dealkylation sites (N-methyl/N-ethyl adjacent to an activating group) is 1. The third-order valence-electron chi connectivity index (χ3n) is 4.43. The first-order valence-corrected chi connectivity index (χ1v) is 9.13. The maximum Gasteiger partial charge on any atom is 0.231 e. The Bertz CT molecular complexity index is 737. The molecule has 0 saturated carbocycles. The molecule has 2 aromatic carbocycles. The summed E-state index contributed by atoms with van der Waals surface area (Å²) in [6, 6.07) is 16.8. The Hall–Kier alpha value is -2.31. The molecule has 1 heterocycles. The molecular formula is C20H25N3O2S. The van der Waals surface area contributed by atoms with Gasteiger partial charge in [0.15, 0.2) is 16.6 Å². The molecule has 26 heavy (non-hydrogen) atoms. The first-order valence-electron chi connectivity index (χ1n) is 8.72. The molecule has 0 aliphatic carbocycles. The van der Waals surface area contributed by atoms with Crippen LogP contribution in [0.15, 0.2) is 48.5 Å². The predicted octanol–water partition coefficient (Wildman–Crippen LogP) is 2.55. The fraction of sp³-hybridized carbons (Fsp3) is 0.350. The molecule has 0 aromatic heterocycles. The summed E-state index contributed by atoms with van der Waals surface area (Å²) in [6.45, 7) is 1.72. The van der Waals surface area contributed by atoms with E-state index in [1.54, 1.807) is 0 Å². The van der Waals surface area contributed by atoms with Gasteiger partial charge in [0.2, 0.25) is 6.79 Å². The van der Waals surface area contributed by atoms with Gasteiger partial charge < -0.3 is 25.0 Å². The highest BCUT2D eigenvalue weighted by atomic mass is 32.1. The van der Waals surface area contributed by atoms with Gasteiger partial charge in [-0.1, -0.05) is 36.4 Å². The fourth-order valence-electron chi connectivity index (χ4n) is 2.83. The van der Waals surface area contributed by atoms with Crippen molar-refractivity contribution in [3.63, 3.8) is 0 Å². The van der Waals surface area contributed by atoms with Gasteiger partial charge in [0.25, 0.3) is 0 Å². The summed E-state index contributed by atoms with van der Waals surface area (Å²) in [5.74, 6) is 1.59. The first kappa shape index (κ1) is 18.5. The van der Waals surface area contributed by atoms with E-state index in [2.05, 4.69) is 53.9 Å². The van der Waals surface area contributed by atoms with E-state index in [0.717, 1.165) is 30.0 Å². The fourth-order valence-corrected chi connectivity index (χ4v) is 2.99. The van der Waals surface area contributed by atoms with Crippen molar-refractivity contribution < 1.29 is 9.47 Å². The van der Waals surface area contributed by atoms with Gasteiger partial charge in [0, 0.05) is 19.1 Å². The third kappa shape index (κ3) is 5.09. The van der Waals surface area contributed by atoms with Gasteiger partial charge in [0.05, 0.1) is 0 Å². The van der Waals surface area contributed by atoms with Gasteiger partial charge >= 0.3 is 0 Å². The molecule has 3 rings (SSSR count). The van der Waals surface area contributed by atoms with E-state index in [4.69, 9.17) is 21.7 Å². The molecule has 5 nitrogen and oxygen atoms in total. The normalized spacial score (nSPS) is 13.5. The summed E-state index contributed by atoms with van der Waals surface area (Å²) in [4.78, 5) is 2.22. The van der Waals surface area contributed by atoms with Crippen molar-refractivity contribution in [1.29, 1.82) is 0 Å². The maximum absolute atomic E-state index is 5.43. The molecule has 1 atom stereocenters. The average Bonchev–Trinajstić information content (AvgIpc) is 3.11. The van der Waals surface area contributed by atoms with E-state index >= 15 is 0 Å². The first-order chi connectivity index (χ1) is 12.6. The van der Waals surface area contributed by atoms with E-state index < -0.39 is 0 Å². The van der Waals surface area contributed by atoms with Crippen LogP contribution in [0.25, 0.3) is 0 Å². The van der Waals surface area contributed by atoms with Crippen molar-refractivity contribution in [2.75, 3.05) is 27.4 Å². The lowest BCUT2D eigenvalue weighted by atomic mass is 10.1. The second-order valence-corrected chi connectivity index (χ2v) is 6.97. The van der Waals surface area contributed by atoms with Crippen LogP contribution in [0.5, 0.6) is 11.5 Å². The number of nitrogens with one attached hydrogen (secondary N) is 2. The van der Waals surface area contributed by atoms with Gasteiger partial charge in [-0.3, -0.25) is 0 Å². The largest absolute Gasteiger partial charge is 0.454 e. The average molecular weight is 372 g/mol. The quantitative estimate of drug-likeness (QED) is 0.730. The standard InChI is InChI=1S/C20H25N3O2S/c1-23(2)17(10-15-6-4-3-5-7-15)13-22-20(26)21-12-16-8-9-18-19(11-16)25-14-24-18/h3-9,11,17H,10,12-14H2,1-2H3,(H2,21,22,26)/t17-/m0/s1. The Labute approximate surface area is 160 Å². The van der Waals surface area contributed by atoms with E-state index in [-0.39, 0.29) is 0 Å². The Morgan fingerprint density at radius 3 is 2.58 bits per heavy atom. The highest BCUT2D eigenvalue weighted by Crippen LogP contribution is 2.32. The van der Waals surface area contributed by atoms with Crippen LogP contribution >= 0.6 is 12.2 Å². The van der Waals surface area contributed by atoms with Gasteiger partial charge in [-0.05, 0) is 56.0 Å². The third-order valence-corrected chi connectivity index (χ3v) is 4.72. The van der Waals surface area contributed by atoms with Crippen LogP contribution < -0.4 is 20.1 Å². The zero-order valence-electron chi connectivity index (χ0n) is 15.2. The maximum atomic E-state index is 5.43. The summed E-state index contributed by atoms with van der Waals surface area (Å²) in [7, 11) is 4.19. The second kappa shape index (κ2) is 8.87. The summed E-state index contributed by atoms with van der Waals surface area (Å²) >= 11 is 5.43. The molecule has 0 bridgehead atoms. The van der Waals surface area contributed by atoms with Crippen molar-refractivity contribution >= 4 is 17.3 Å². The van der Waals surface area contributed by atoms with E-state index in [9.17, 15) is 0 Å². The van der Waals surface area contributed by atoms with Crippen molar-refractivity contribution in [2.24, 2.45) is 0 Å². The minimum Gasteiger partial charge on any atom is -0.454 e. The van der Waals surface area contributed by atoms with Crippen molar-refractivity contribution in [1.82, 2.24) is 15.5 Å². The smallest absolute Gasteiger partial charge is 0.231 e. The molecule has 0 fully saturated rings. The van der Waals surface area contributed by atoms with Crippen LogP contribution in [-0.4, -0.2) is 43.5 Å². The highest BCUT2D eigenvalue weighted by molar-refractivity contribution is 7.80. The zero-order valence-corrected chi connectivity index (χ0v) is 16.0. The molecule has 0 radical (unpaired) electrons. The molecule has 2 N–H and O–H groups in total. The Kier molecular flexibility index (Phi) is 6.30. The summed E-state index contributed by atoms with van der Waals surface area (Å²) in [6.07, 6.45) is 0.978. The summed E-state index contributed by atoms with van der Waals surface area (Å²) in [5, 5.41) is 7.24. The highest BCUT2D eigenvalue weighted by Gasteiger charge is 2.14. The predicted molar refractivity (Wildman–Crippen MR) is 108 cm³/mol.